The second kappa shape index (κ2) is 11.0. The number of ether oxygens (including phenoxy) is 1. The van der Waals surface area contributed by atoms with Gasteiger partial charge in [0.15, 0.2) is 11.6 Å². The number of nitrogens with two attached hydrogens (primary N) is 1. The average molecular weight is 497 g/mol. The summed E-state index contributed by atoms with van der Waals surface area (Å²) in [6.45, 7) is 7.98. The topological polar surface area (TPSA) is 126 Å². The van der Waals surface area contributed by atoms with Crippen molar-refractivity contribution in [1.29, 1.82) is 5.41 Å². The van der Waals surface area contributed by atoms with Gasteiger partial charge in [0.1, 0.15) is 11.9 Å². The van der Waals surface area contributed by atoms with E-state index in [0.29, 0.717) is 28.5 Å². The summed E-state index contributed by atoms with van der Waals surface area (Å²) in [5, 5.41) is 8.57. The highest BCUT2D eigenvalue weighted by Gasteiger charge is 2.25. The first kappa shape index (κ1) is 24.8. The second-order valence-electron chi connectivity index (χ2n) is 8.65. The number of benzene rings is 1. The number of nitrogens with one attached hydrogen (secondary N) is 2. The normalized spacial score (nSPS) is 14.8. The molecule has 3 aromatic rings. The highest BCUT2D eigenvalue weighted by atomic mass is 32.2. The van der Waals surface area contributed by atoms with Crippen LogP contribution in [0.15, 0.2) is 41.8 Å². The van der Waals surface area contributed by atoms with Crippen LogP contribution in [0.1, 0.15) is 39.2 Å². The molecule has 1 aliphatic rings. The molecule has 0 radical (unpaired) electrons. The summed E-state index contributed by atoms with van der Waals surface area (Å²) in [7, 11) is 0. The molecule has 2 aromatic heterocycles. The highest BCUT2D eigenvalue weighted by molar-refractivity contribution is 8.00. The number of anilines is 2. The SMILES string of the molecule is CC(=N)c1c(N)nc(-c2ccc(NSc3ncc(F)cn3)cc2)nc1OC1CCN(C(C)C)CC1. The zero-order chi connectivity index (χ0) is 24.9. The Morgan fingerprint density at radius 3 is 2.43 bits per heavy atom. The van der Waals surface area contributed by atoms with Crippen LogP contribution in [0.3, 0.4) is 0 Å². The van der Waals surface area contributed by atoms with Gasteiger partial charge in [-0.3, -0.25) is 0 Å². The molecule has 4 rings (SSSR count). The van der Waals surface area contributed by atoms with Gasteiger partial charge in [-0.1, -0.05) is 0 Å². The Morgan fingerprint density at radius 2 is 1.83 bits per heavy atom. The zero-order valence-electron chi connectivity index (χ0n) is 20.0. The Labute approximate surface area is 208 Å². The minimum Gasteiger partial charge on any atom is -0.474 e. The molecular formula is C24H29FN8OS. The summed E-state index contributed by atoms with van der Waals surface area (Å²) < 4.78 is 22.4. The van der Waals surface area contributed by atoms with E-state index in [4.69, 9.17) is 15.9 Å². The molecule has 9 nitrogen and oxygen atoms in total. The van der Waals surface area contributed by atoms with E-state index in [1.807, 2.05) is 24.3 Å². The Kier molecular flexibility index (Phi) is 7.76. The van der Waals surface area contributed by atoms with Gasteiger partial charge in [0.2, 0.25) is 11.0 Å². The smallest absolute Gasteiger partial charge is 0.228 e. The molecule has 4 N–H and O–H groups in total. The van der Waals surface area contributed by atoms with Crippen LogP contribution in [0, 0.1) is 11.2 Å². The standard InChI is InChI=1S/C24H29FN8OS/c1-14(2)33-10-8-19(9-11-33)34-23-20(15(3)26)21(27)30-22(31-23)16-4-6-18(7-5-16)32-35-24-28-12-17(25)13-29-24/h4-7,12-14,19,26,32H,8-11H2,1-3H3,(H2,27,30,31). The van der Waals surface area contributed by atoms with Crippen LogP contribution in [0.2, 0.25) is 0 Å². The van der Waals surface area contributed by atoms with E-state index in [0.717, 1.165) is 49.6 Å². The van der Waals surface area contributed by atoms with Gasteiger partial charge in [0, 0.05) is 48.0 Å². The maximum Gasteiger partial charge on any atom is 0.228 e. The number of nitrogens with zero attached hydrogens (tertiary/aromatic N) is 5. The fourth-order valence-corrected chi connectivity index (χ4v) is 4.39. The van der Waals surface area contributed by atoms with Gasteiger partial charge >= 0.3 is 0 Å². The second-order valence-corrected chi connectivity index (χ2v) is 9.42. The van der Waals surface area contributed by atoms with Crippen molar-refractivity contribution in [1.82, 2.24) is 24.8 Å². The molecule has 3 heterocycles. The quantitative estimate of drug-likeness (QED) is 0.236. The van der Waals surface area contributed by atoms with E-state index in [9.17, 15) is 4.39 Å². The molecule has 0 unspecified atom stereocenters. The molecule has 1 aromatic carbocycles. The van der Waals surface area contributed by atoms with E-state index in [1.54, 1.807) is 6.92 Å². The maximum atomic E-state index is 13.0. The molecule has 35 heavy (non-hydrogen) atoms. The first-order chi connectivity index (χ1) is 16.8. The molecule has 11 heteroatoms. The first-order valence-corrected chi connectivity index (χ1v) is 12.3. The van der Waals surface area contributed by atoms with Crippen LogP contribution < -0.4 is 15.2 Å². The van der Waals surface area contributed by atoms with Gasteiger partial charge in [-0.25, -0.2) is 19.3 Å². The van der Waals surface area contributed by atoms with E-state index in [-0.39, 0.29) is 17.6 Å². The lowest BCUT2D eigenvalue weighted by Crippen LogP contribution is -2.42. The molecule has 0 atom stereocenters. The van der Waals surface area contributed by atoms with Crippen LogP contribution in [-0.2, 0) is 0 Å². The monoisotopic (exact) mass is 496 g/mol. The Balaban J connectivity index is 1.49. The largest absolute Gasteiger partial charge is 0.474 e. The van der Waals surface area contributed by atoms with Gasteiger partial charge in [-0.2, -0.15) is 4.98 Å². The lowest BCUT2D eigenvalue weighted by atomic mass is 10.1. The van der Waals surface area contributed by atoms with Crippen molar-refractivity contribution in [2.75, 3.05) is 23.5 Å². The predicted molar refractivity (Wildman–Crippen MR) is 136 cm³/mol. The molecule has 0 spiro atoms. The van der Waals surface area contributed by atoms with Crippen molar-refractivity contribution in [3.8, 4) is 17.3 Å². The molecular weight excluding hydrogens is 467 g/mol. The maximum absolute atomic E-state index is 13.0. The third-order valence-electron chi connectivity index (χ3n) is 5.76. The minimum atomic E-state index is -0.480. The van der Waals surface area contributed by atoms with Crippen molar-refractivity contribution >= 4 is 29.2 Å². The van der Waals surface area contributed by atoms with Crippen molar-refractivity contribution < 1.29 is 9.13 Å². The third kappa shape index (κ3) is 6.23. The molecule has 0 aliphatic carbocycles. The van der Waals surface area contributed by atoms with E-state index >= 15 is 0 Å². The van der Waals surface area contributed by atoms with Crippen LogP contribution in [-0.4, -0.2) is 55.8 Å². The number of aromatic nitrogens is 4. The van der Waals surface area contributed by atoms with Crippen molar-refractivity contribution in [3.05, 3.63) is 48.0 Å². The van der Waals surface area contributed by atoms with Crippen LogP contribution >= 0.6 is 11.9 Å². The summed E-state index contributed by atoms with van der Waals surface area (Å²) in [6, 6.07) is 7.97. The Hall–Kier alpha value is -3.31. The summed E-state index contributed by atoms with van der Waals surface area (Å²) >= 11 is 1.18. The number of nitrogen functional groups attached to an aromatic ring is 1. The molecule has 1 saturated heterocycles. The van der Waals surface area contributed by atoms with E-state index in [1.165, 1.54) is 11.9 Å². The molecule has 0 saturated carbocycles. The van der Waals surface area contributed by atoms with Crippen LogP contribution in [0.25, 0.3) is 11.4 Å². The first-order valence-electron chi connectivity index (χ1n) is 11.4. The fourth-order valence-electron chi connectivity index (χ4n) is 3.84. The van der Waals surface area contributed by atoms with Crippen LogP contribution in [0.5, 0.6) is 5.88 Å². The number of hydrogen-bond donors (Lipinski definition) is 3. The highest BCUT2D eigenvalue weighted by Crippen LogP contribution is 2.30. The predicted octanol–water partition coefficient (Wildman–Crippen LogP) is 4.41. The van der Waals surface area contributed by atoms with E-state index in [2.05, 4.69) is 43.4 Å². The van der Waals surface area contributed by atoms with Crippen molar-refractivity contribution in [2.24, 2.45) is 0 Å². The fraction of sp³-hybridized carbons (Fsp3) is 0.375. The van der Waals surface area contributed by atoms with Gasteiger partial charge in [-0.05, 0) is 57.9 Å². The van der Waals surface area contributed by atoms with Gasteiger partial charge in [0.25, 0.3) is 0 Å². The number of likely N-dealkylation sites (tertiary alicyclic amines) is 1. The number of rotatable bonds is 8. The van der Waals surface area contributed by atoms with Crippen molar-refractivity contribution in [3.63, 3.8) is 0 Å². The lowest BCUT2D eigenvalue weighted by Gasteiger charge is -2.34. The molecule has 184 valence electrons. The van der Waals surface area contributed by atoms with Gasteiger partial charge in [-0.15, -0.1) is 0 Å². The number of piperidine rings is 1. The van der Waals surface area contributed by atoms with Crippen molar-refractivity contribution in [2.45, 2.75) is 50.9 Å². The average Bonchev–Trinajstić information content (AvgIpc) is 2.84. The van der Waals surface area contributed by atoms with Crippen LogP contribution in [0.4, 0.5) is 15.9 Å². The molecule has 0 bridgehead atoms. The number of halogens is 1. The minimum absolute atomic E-state index is 0.0162. The summed E-state index contributed by atoms with van der Waals surface area (Å²) in [6.07, 6.45) is 4.04. The Morgan fingerprint density at radius 1 is 1.17 bits per heavy atom. The molecule has 0 amide bonds. The summed E-state index contributed by atoms with van der Waals surface area (Å²) in [4.78, 5) is 19.3. The zero-order valence-corrected chi connectivity index (χ0v) is 20.8. The Bertz CT molecular complexity index is 1170. The summed E-state index contributed by atoms with van der Waals surface area (Å²) in [5.74, 6) is 0.535. The van der Waals surface area contributed by atoms with Gasteiger partial charge < -0.3 is 25.5 Å². The molecule has 1 aliphatic heterocycles. The number of hydrogen-bond acceptors (Lipinski definition) is 10. The molecule has 1 fully saturated rings. The van der Waals surface area contributed by atoms with E-state index < -0.39 is 5.82 Å². The lowest BCUT2D eigenvalue weighted by molar-refractivity contribution is 0.0812. The van der Waals surface area contributed by atoms with Gasteiger partial charge in [0.05, 0.1) is 18.0 Å². The third-order valence-corrected chi connectivity index (χ3v) is 6.50. The summed E-state index contributed by atoms with van der Waals surface area (Å²) in [5.41, 5.74) is 8.52.